The van der Waals surface area contributed by atoms with Crippen LogP contribution in [0.2, 0.25) is 0 Å². The van der Waals surface area contributed by atoms with Gasteiger partial charge in [0.1, 0.15) is 12.4 Å². The lowest BCUT2D eigenvalue weighted by molar-refractivity contribution is -0.671. The molecule has 0 aliphatic carbocycles. The summed E-state index contributed by atoms with van der Waals surface area (Å²) < 4.78 is 42.9. The molecule has 1 aromatic rings. The normalized spacial score (nSPS) is 11.5. The summed E-state index contributed by atoms with van der Waals surface area (Å²) in [5.74, 6) is -0.821. The summed E-state index contributed by atoms with van der Waals surface area (Å²) in [5.41, 5.74) is 0. The number of imidazole rings is 1. The van der Waals surface area contributed by atoms with E-state index in [1.165, 1.54) is 0 Å². The van der Waals surface area contributed by atoms with Crippen LogP contribution in [0.5, 0.6) is 0 Å². The number of rotatable bonds is 5. The van der Waals surface area contributed by atoms with E-state index in [0.717, 1.165) is 0 Å². The first kappa shape index (κ1) is 13.5. The maximum absolute atomic E-state index is 11.7. The molecule has 1 aromatic heterocycles. The van der Waals surface area contributed by atoms with E-state index in [9.17, 15) is 18.0 Å². The lowest BCUT2D eigenvalue weighted by atomic mass is 10.3. The molecule has 0 unspecified atom stereocenters. The summed E-state index contributed by atoms with van der Waals surface area (Å²) in [5, 5.41) is 0. The van der Waals surface area contributed by atoms with E-state index >= 15 is 0 Å². The van der Waals surface area contributed by atoms with Crippen LogP contribution in [0.15, 0.2) is 18.7 Å². The molecular formula is C10H14F3N2O2+. The molecule has 0 aromatic carbocycles. The van der Waals surface area contributed by atoms with E-state index in [1.54, 1.807) is 0 Å². The number of carbonyl (C=O) groups excluding carboxylic acids is 1. The maximum Gasteiger partial charge on any atom is 0.422 e. The molecule has 0 fully saturated rings. The van der Waals surface area contributed by atoms with Gasteiger partial charge in [-0.05, 0) is 6.42 Å². The Bertz CT molecular complexity index is 374. The van der Waals surface area contributed by atoms with Crippen molar-refractivity contribution in [1.82, 2.24) is 4.57 Å². The summed E-state index contributed by atoms with van der Waals surface area (Å²) in [7, 11) is 1.86. The van der Waals surface area contributed by atoms with Crippen molar-refractivity contribution in [3.05, 3.63) is 18.7 Å². The Morgan fingerprint density at radius 2 is 2.18 bits per heavy atom. The van der Waals surface area contributed by atoms with Gasteiger partial charge in [-0.15, -0.1) is 0 Å². The minimum atomic E-state index is -4.45. The lowest BCUT2D eigenvalue weighted by Crippen LogP contribution is -2.23. The smallest absolute Gasteiger partial charge is 0.422 e. The Balaban J connectivity index is 2.16. The highest BCUT2D eigenvalue weighted by molar-refractivity contribution is 5.69. The highest BCUT2D eigenvalue weighted by atomic mass is 19.4. The number of ether oxygens (including phenoxy) is 1. The first-order valence-corrected chi connectivity index (χ1v) is 5.10. The number of alkyl halides is 3. The van der Waals surface area contributed by atoms with Crippen LogP contribution in [0.4, 0.5) is 13.2 Å². The number of hydrogen-bond acceptors (Lipinski definition) is 2. The van der Waals surface area contributed by atoms with Crippen LogP contribution >= 0.6 is 0 Å². The highest BCUT2D eigenvalue weighted by Crippen LogP contribution is 2.14. The third kappa shape index (κ3) is 5.94. The Morgan fingerprint density at radius 1 is 1.47 bits per heavy atom. The van der Waals surface area contributed by atoms with Crippen LogP contribution in [0, 0.1) is 0 Å². The average Bonchev–Trinajstić information content (AvgIpc) is 2.60. The van der Waals surface area contributed by atoms with Gasteiger partial charge in [0.25, 0.3) is 0 Å². The largest absolute Gasteiger partial charge is 0.456 e. The molecule has 7 heteroatoms. The molecule has 0 amide bonds. The summed E-state index contributed by atoms with van der Waals surface area (Å²) in [4.78, 5) is 10.9. The van der Waals surface area contributed by atoms with E-state index in [0.29, 0.717) is 13.0 Å². The van der Waals surface area contributed by atoms with Crippen molar-refractivity contribution in [3.8, 4) is 0 Å². The van der Waals surface area contributed by atoms with Gasteiger partial charge in [0.2, 0.25) is 6.33 Å². The van der Waals surface area contributed by atoms with Crippen molar-refractivity contribution >= 4 is 5.97 Å². The summed E-state index contributed by atoms with van der Waals surface area (Å²) >= 11 is 0. The van der Waals surface area contributed by atoms with Crippen molar-refractivity contribution < 1.29 is 27.3 Å². The first-order valence-electron chi connectivity index (χ1n) is 5.10. The topological polar surface area (TPSA) is 35.1 Å². The average molecular weight is 251 g/mol. The molecule has 0 spiro atoms. The molecule has 0 N–H and O–H groups in total. The predicted molar refractivity (Wildman–Crippen MR) is 51.9 cm³/mol. The molecule has 0 saturated carbocycles. The van der Waals surface area contributed by atoms with Crippen molar-refractivity contribution in [3.63, 3.8) is 0 Å². The molecule has 1 heterocycles. The molecule has 4 nitrogen and oxygen atoms in total. The molecule has 0 atom stereocenters. The minimum Gasteiger partial charge on any atom is -0.456 e. The van der Waals surface area contributed by atoms with Gasteiger partial charge in [-0.1, -0.05) is 0 Å². The van der Waals surface area contributed by atoms with E-state index in [-0.39, 0.29) is 6.42 Å². The number of aryl methyl sites for hydroxylation is 2. The Hall–Kier alpha value is -1.53. The molecular weight excluding hydrogens is 237 g/mol. The zero-order chi connectivity index (χ0) is 12.9. The fraction of sp³-hybridized carbons (Fsp3) is 0.600. The third-order valence-electron chi connectivity index (χ3n) is 2.02. The zero-order valence-electron chi connectivity index (χ0n) is 9.41. The van der Waals surface area contributed by atoms with Gasteiger partial charge in [-0.25, -0.2) is 9.13 Å². The second kappa shape index (κ2) is 5.70. The molecule has 96 valence electrons. The predicted octanol–water partition coefficient (Wildman–Crippen LogP) is 1.20. The number of esters is 1. The second-order valence-electron chi connectivity index (χ2n) is 3.70. The Kier molecular flexibility index (Phi) is 4.53. The minimum absolute atomic E-state index is 0.0159. The number of hydrogen-bond donors (Lipinski definition) is 0. The van der Waals surface area contributed by atoms with Crippen LogP contribution in [0.1, 0.15) is 12.8 Å². The van der Waals surface area contributed by atoms with Crippen LogP contribution in [0.3, 0.4) is 0 Å². The molecule has 1 rings (SSSR count). The summed E-state index contributed by atoms with van der Waals surface area (Å²) in [6.45, 7) is -0.938. The van der Waals surface area contributed by atoms with Crippen LogP contribution in [-0.4, -0.2) is 23.3 Å². The Labute approximate surface area is 96.6 Å². The van der Waals surface area contributed by atoms with Crippen LogP contribution < -0.4 is 4.57 Å². The Morgan fingerprint density at radius 3 is 2.71 bits per heavy atom. The SMILES string of the molecule is C[n+]1ccn(CCCC(=O)OCC(F)(F)F)c1. The second-order valence-corrected chi connectivity index (χ2v) is 3.70. The summed E-state index contributed by atoms with van der Waals surface area (Å²) in [6, 6.07) is 0. The molecule has 0 radical (unpaired) electrons. The molecule has 0 bridgehead atoms. The van der Waals surface area contributed by atoms with Crippen molar-refractivity contribution in [2.75, 3.05) is 6.61 Å². The highest BCUT2D eigenvalue weighted by Gasteiger charge is 2.29. The standard InChI is InChI=1S/C10H14F3N2O2/c1-14-5-6-15(8-14)4-2-3-9(16)17-7-10(11,12)13/h5-6,8H,2-4,7H2,1H3/q+1. The quantitative estimate of drug-likeness (QED) is 0.582. The van der Waals surface area contributed by atoms with Crippen molar-refractivity contribution in [1.29, 1.82) is 0 Å². The van der Waals surface area contributed by atoms with Gasteiger partial charge >= 0.3 is 12.1 Å². The fourth-order valence-corrected chi connectivity index (χ4v) is 1.27. The monoisotopic (exact) mass is 251 g/mol. The lowest BCUT2D eigenvalue weighted by Gasteiger charge is -2.06. The van der Waals surface area contributed by atoms with Crippen molar-refractivity contribution in [2.45, 2.75) is 25.6 Å². The molecule has 0 saturated heterocycles. The van der Waals surface area contributed by atoms with E-state index in [1.807, 2.05) is 34.9 Å². The number of nitrogens with zero attached hydrogens (tertiary/aromatic N) is 2. The van der Waals surface area contributed by atoms with Gasteiger partial charge in [0, 0.05) is 6.42 Å². The number of aromatic nitrogens is 2. The van der Waals surface area contributed by atoms with Gasteiger partial charge in [-0.3, -0.25) is 4.79 Å². The van der Waals surface area contributed by atoms with E-state index in [4.69, 9.17) is 0 Å². The van der Waals surface area contributed by atoms with Crippen molar-refractivity contribution in [2.24, 2.45) is 7.05 Å². The van der Waals surface area contributed by atoms with Crippen LogP contribution in [-0.2, 0) is 23.1 Å². The fourth-order valence-electron chi connectivity index (χ4n) is 1.27. The van der Waals surface area contributed by atoms with Gasteiger partial charge < -0.3 is 4.74 Å². The first-order chi connectivity index (χ1) is 7.87. The molecule has 0 aliphatic heterocycles. The maximum atomic E-state index is 11.7. The molecule has 17 heavy (non-hydrogen) atoms. The van der Waals surface area contributed by atoms with Crippen LogP contribution in [0.25, 0.3) is 0 Å². The van der Waals surface area contributed by atoms with Gasteiger partial charge in [-0.2, -0.15) is 13.2 Å². The van der Waals surface area contributed by atoms with Gasteiger partial charge in [0.05, 0.1) is 13.6 Å². The number of halogens is 3. The third-order valence-corrected chi connectivity index (χ3v) is 2.02. The molecule has 0 aliphatic rings. The zero-order valence-corrected chi connectivity index (χ0v) is 9.41. The van der Waals surface area contributed by atoms with E-state index in [2.05, 4.69) is 4.74 Å². The van der Waals surface area contributed by atoms with Gasteiger partial charge in [0.15, 0.2) is 6.61 Å². The summed E-state index contributed by atoms with van der Waals surface area (Å²) in [6.07, 6.45) is 1.46. The van der Waals surface area contributed by atoms with E-state index < -0.39 is 18.8 Å². The number of carbonyl (C=O) groups is 1.